The molecule has 8 heteroatoms. The number of benzene rings is 1. The summed E-state index contributed by atoms with van der Waals surface area (Å²) in [6, 6.07) is 9.76. The van der Waals surface area contributed by atoms with E-state index in [1.807, 2.05) is 35.9 Å². The van der Waals surface area contributed by atoms with Crippen LogP contribution in [0.4, 0.5) is 0 Å². The second-order valence-corrected chi connectivity index (χ2v) is 8.51. The van der Waals surface area contributed by atoms with Crippen molar-refractivity contribution in [1.82, 2.24) is 19.5 Å². The fourth-order valence-electron chi connectivity index (χ4n) is 3.08. The summed E-state index contributed by atoms with van der Waals surface area (Å²) in [7, 11) is 1.84. The lowest BCUT2D eigenvalue weighted by atomic mass is 10.2. The number of thiophene rings is 1. The van der Waals surface area contributed by atoms with Crippen LogP contribution in [0.15, 0.2) is 41.4 Å². The van der Waals surface area contributed by atoms with Gasteiger partial charge in [0.2, 0.25) is 0 Å². The lowest BCUT2D eigenvalue weighted by molar-refractivity contribution is 0.420. The standard InChI is InChI=1S/C20H17N5OS2/c1-11-12(2)28-20-17(11)19(22-10-23-20)27-9-16(26)13(8-21)18-24-14-6-4-5-7-15(14)25(18)3/h4-7,10,26H,9H2,1-3H3/b16-13-. The van der Waals surface area contributed by atoms with E-state index in [-0.39, 0.29) is 17.1 Å². The highest BCUT2D eigenvalue weighted by Gasteiger charge is 2.18. The third kappa shape index (κ3) is 3.03. The Morgan fingerprint density at radius 2 is 2.07 bits per heavy atom. The van der Waals surface area contributed by atoms with E-state index < -0.39 is 0 Å². The first-order chi connectivity index (χ1) is 13.5. The summed E-state index contributed by atoms with van der Waals surface area (Å²) in [5.74, 6) is 0.673. The molecule has 0 spiro atoms. The van der Waals surface area contributed by atoms with Gasteiger partial charge in [0, 0.05) is 17.3 Å². The van der Waals surface area contributed by atoms with Crippen LogP contribution >= 0.6 is 23.1 Å². The van der Waals surface area contributed by atoms with E-state index in [1.165, 1.54) is 23.0 Å². The molecular formula is C20H17N5OS2. The molecule has 0 unspecified atom stereocenters. The van der Waals surface area contributed by atoms with Crippen molar-refractivity contribution in [3.63, 3.8) is 0 Å². The summed E-state index contributed by atoms with van der Waals surface area (Å²) < 4.78 is 1.82. The number of imidazole rings is 1. The number of para-hydroxylation sites is 2. The maximum atomic E-state index is 10.7. The molecule has 0 atom stereocenters. The quantitative estimate of drug-likeness (QED) is 0.227. The largest absolute Gasteiger partial charge is 0.510 e. The molecule has 1 N–H and O–H groups in total. The van der Waals surface area contributed by atoms with Crippen molar-refractivity contribution < 1.29 is 5.11 Å². The number of aryl methyl sites for hydroxylation is 3. The van der Waals surface area contributed by atoms with Gasteiger partial charge in [-0.15, -0.1) is 11.3 Å². The molecule has 6 nitrogen and oxygen atoms in total. The summed E-state index contributed by atoms with van der Waals surface area (Å²) in [5.41, 5.74) is 3.03. The number of thioether (sulfide) groups is 1. The molecule has 0 aliphatic carbocycles. The van der Waals surface area contributed by atoms with Crippen molar-refractivity contribution in [2.24, 2.45) is 7.05 Å². The lowest BCUT2D eigenvalue weighted by Gasteiger charge is -2.06. The molecule has 0 aliphatic rings. The van der Waals surface area contributed by atoms with Crippen LogP contribution in [0.2, 0.25) is 0 Å². The highest BCUT2D eigenvalue weighted by Crippen LogP contribution is 2.35. The number of aromatic nitrogens is 4. The molecule has 0 aliphatic heterocycles. The van der Waals surface area contributed by atoms with Gasteiger partial charge in [-0.3, -0.25) is 0 Å². The molecule has 0 saturated heterocycles. The van der Waals surface area contributed by atoms with Gasteiger partial charge in [0.15, 0.2) is 5.82 Å². The maximum Gasteiger partial charge on any atom is 0.155 e. The predicted octanol–water partition coefficient (Wildman–Crippen LogP) is 4.78. The zero-order valence-corrected chi connectivity index (χ0v) is 17.2. The van der Waals surface area contributed by atoms with E-state index in [4.69, 9.17) is 0 Å². The summed E-state index contributed by atoms with van der Waals surface area (Å²) in [6.07, 6.45) is 1.54. The zero-order valence-electron chi connectivity index (χ0n) is 15.6. The molecular weight excluding hydrogens is 390 g/mol. The van der Waals surface area contributed by atoms with Gasteiger partial charge in [0.25, 0.3) is 0 Å². The average molecular weight is 408 g/mol. The Balaban J connectivity index is 1.70. The van der Waals surface area contributed by atoms with E-state index in [1.54, 1.807) is 11.3 Å². The van der Waals surface area contributed by atoms with Gasteiger partial charge in [-0.2, -0.15) is 5.26 Å². The minimum atomic E-state index is -0.0118. The minimum Gasteiger partial charge on any atom is -0.510 e. The van der Waals surface area contributed by atoms with Crippen LogP contribution in [0.1, 0.15) is 16.3 Å². The van der Waals surface area contributed by atoms with E-state index in [0.717, 1.165) is 31.8 Å². The lowest BCUT2D eigenvalue weighted by Crippen LogP contribution is -2.01. The van der Waals surface area contributed by atoms with Crippen molar-refractivity contribution in [3.8, 4) is 6.07 Å². The van der Waals surface area contributed by atoms with Crippen LogP contribution in [-0.2, 0) is 7.05 Å². The Kier molecular flexibility index (Phi) is 4.79. The number of aliphatic hydroxyl groups excluding tert-OH is 1. The smallest absolute Gasteiger partial charge is 0.155 e. The first-order valence-corrected chi connectivity index (χ1v) is 10.4. The Bertz CT molecular complexity index is 1280. The van der Waals surface area contributed by atoms with Crippen molar-refractivity contribution in [3.05, 3.63) is 52.6 Å². The van der Waals surface area contributed by atoms with Crippen LogP contribution in [0.5, 0.6) is 0 Å². The van der Waals surface area contributed by atoms with Gasteiger partial charge in [-0.1, -0.05) is 23.9 Å². The van der Waals surface area contributed by atoms with Crippen LogP contribution in [-0.4, -0.2) is 30.4 Å². The number of fused-ring (bicyclic) bond motifs is 2. The van der Waals surface area contributed by atoms with Gasteiger partial charge in [-0.05, 0) is 31.5 Å². The van der Waals surface area contributed by atoms with E-state index in [9.17, 15) is 10.4 Å². The molecule has 3 heterocycles. The van der Waals surface area contributed by atoms with Crippen molar-refractivity contribution >= 4 is 49.9 Å². The molecule has 1 aromatic carbocycles. The fourth-order valence-corrected chi connectivity index (χ4v) is 5.08. The zero-order chi connectivity index (χ0) is 19.8. The van der Waals surface area contributed by atoms with E-state index in [0.29, 0.717) is 5.82 Å². The molecule has 28 heavy (non-hydrogen) atoms. The molecule has 4 rings (SSSR count). The highest BCUT2D eigenvalue weighted by molar-refractivity contribution is 7.99. The number of rotatable bonds is 4. The van der Waals surface area contributed by atoms with Crippen molar-refractivity contribution in [2.45, 2.75) is 18.9 Å². The Hall–Kier alpha value is -2.89. The van der Waals surface area contributed by atoms with Crippen LogP contribution in [0.25, 0.3) is 26.8 Å². The third-order valence-corrected chi connectivity index (χ3v) is 6.80. The van der Waals surface area contributed by atoms with Gasteiger partial charge in [0.05, 0.1) is 16.8 Å². The fraction of sp³-hybridized carbons (Fsp3) is 0.200. The second kappa shape index (κ2) is 7.26. The van der Waals surface area contributed by atoms with Crippen LogP contribution < -0.4 is 0 Å². The number of nitriles is 1. The predicted molar refractivity (Wildman–Crippen MR) is 113 cm³/mol. The van der Waals surface area contributed by atoms with Gasteiger partial charge in [-0.25, -0.2) is 15.0 Å². The molecule has 140 valence electrons. The van der Waals surface area contributed by atoms with Gasteiger partial charge >= 0.3 is 0 Å². The first-order valence-electron chi connectivity index (χ1n) is 8.58. The average Bonchev–Trinajstić information content (AvgIpc) is 3.18. The Labute approximate surface area is 170 Å². The number of hydrogen-bond acceptors (Lipinski definition) is 7. The van der Waals surface area contributed by atoms with Crippen LogP contribution in [0.3, 0.4) is 0 Å². The van der Waals surface area contributed by atoms with Crippen molar-refractivity contribution in [1.29, 1.82) is 5.26 Å². The topological polar surface area (TPSA) is 87.6 Å². The monoisotopic (exact) mass is 407 g/mol. The number of aliphatic hydroxyl groups is 1. The second-order valence-electron chi connectivity index (χ2n) is 6.35. The number of allylic oxidation sites excluding steroid dienone is 1. The molecule has 0 amide bonds. The number of hydrogen-bond donors (Lipinski definition) is 1. The molecule has 0 bridgehead atoms. The maximum absolute atomic E-state index is 10.7. The molecule has 3 aromatic heterocycles. The normalized spacial score (nSPS) is 12.4. The molecule has 0 radical (unpaired) electrons. The molecule has 0 saturated carbocycles. The summed E-state index contributed by atoms with van der Waals surface area (Å²) in [5, 5.41) is 22.1. The summed E-state index contributed by atoms with van der Waals surface area (Å²) in [4.78, 5) is 15.4. The Morgan fingerprint density at radius 1 is 1.29 bits per heavy atom. The molecule has 0 fully saturated rings. The highest BCUT2D eigenvalue weighted by atomic mass is 32.2. The van der Waals surface area contributed by atoms with E-state index >= 15 is 0 Å². The Morgan fingerprint density at radius 3 is 2.82 bits per heavy atom. The summed E-state index contributed by atoms with van der Waals surface area (Å²) in [6.45, 7) is 4.12. The number of nitrogens with zero attached hydrogens (tertiary/aromatic N) is 5. The van der Waals surface area contributed by atoms with Gasteiger partial charge in [0.1, 0.15) is 33.6 Å². The first kappa shape index (κ1) is 18.5. The van der Waals surface area contributed by atoms with Crippen LogP contribution in [0, 0.1) is 25.2 Å². The summed E-state index contributed by atoms with van der Waals surface area (Å²) >= 11 is 3.03. The van der Waals surface area contributed by atoms with Gasteiger partial charge < -0.3 is 9.67 Å². The van der Waals surface area contributed by atoms with E-state index in [2.05, 4.69) is 34.9 Å². The van der Waals surface area contributed by atoms with Crippen molar-refractivity contribution in [2.75, 3.05) is 5.75 Å². The third-order valence-electron chi connectivity index (χ3n) is 4.69. The molecule has 4 aromatic rings. The SMILES string of the molecule is Cc1sc2ncnc(SC/C(O)=C(\C#N)c3nc4ccccc4n3C)c2c1C. The minimum absolute atomic E-state index is 0.0118.